The molecule has 1 aromatic carbocycles. The van der Waals surface area contributed by atoms with E-state index in [1.54, 1.807) is 0 Å². The summed E-state index contributed by atoms with van der Waals surface area (Å²) in [7, 11) is 0.712. The number of rotatable bonds is 5. The molecule has 0 saturated carbocycles. The first-order valence-corrected chi connectivity index (χ1v) is 7.66. The Morgan fingerprint density at radius 3 is 2.38 bits per heavy atom. The maximum atomic E-state index is 12.0. The van der Waals surface area contributed by atoms with Gasteiger partial charge in [-0.1, -0.05) is 0 Å². The number of halogens is 4. The largest absolute Gasteiger partial charge is 0.492 e. The van der Waals surface area contributed by atoms with Gasteiger partial charge in [0.2, 0.25) is 0 Å². The molecule has 6 nitrogen and oxygen atoms in total. The van der Waals surface area contributed by atoms with Crippen LogP contribution in [-0.4, -0.2) is 26.1 Å². The Morgan fingerprint density at radius 2 is 1.95 bits per heavy atom. The fraction of sp³-hybridized carbons (Fsp3) is 0.400. The lowest BCUT2D eigenvalue weighted by Crippen LogP contribution is -2.14. The van der Waals surface area contributed by atoms with E-state index in [1.807, 2.05) is 0 Å². The second-order valence-electron chi connectivity index (χ2n) is 4.00. The van der Waals surface area contributed by atoms with Crippen molar-refractivity contribution in [1.29, 1.82) is 0 Å². The zero-order chi connectivity index (χ0) is 16.4. The van der Waals surface area contributed by atoms with Crippen LogP contribution in [-0.2, 0) is 9.05 Å². The van der Waals surface area contributed by atoms with Crippen molar-refractivity contribution in [2.75, 3.05) is 6.61 Å². The number of non-ortho nitro benzene ring substituents is 1. The average molecular weight is 348 g/mol. The van der Waals surface area contributed by atoms with Crippen molar-refractivity contribution in [2.45, 2.75) is 24.4 Å². The second-order valence-corrected chi connectivity index (χ2v) is 6.53. The summed E-state index contributed by atoms with van der Waals surface area (Å²) in [5.74, 6) is -0.431. The minimum Gasteiger partial charge on any atom is -0.492 e. The smallest absolute Gasteiger partial charge is 0.392 e. The predicted molar refractivity (Wildman–Crippen MR) is 67.0 cm³/mol. The molecule has 0 aliphatic rings. The lowest BCUT2D eigenvalue weighted by molar-refractivity contribution is -0.385. The van der Waals surface area contributed by atoms with Gasteiger partial charge in [0.05, 0.1) is 18.0 Å². The Bertz CT molecular complexity index is 659. The molecule has 0 bridgehead atoms. The minimum absolute atomic E-state index is 0.00870. The van der Waals surface area contributed by atoms with Crippen LogP contribution in [0.2, 0.25) is 0 Å². The number of benzene rings is 1. The van der Waals surface area contributed by atoms with E-state index in [2.05, 4.69) is 0 Å². The van der Waals surface area contributed by atoms with Crippen LogP contribution in [0.15, 0.2) is 17.0 Å². The van der Waals surface area contributed by atoms with Gasteiger partial charge in [-0.3, -0.25) is 10.1 Å². The molecule has 118 valence electrons. The van der Waals surface area contributed by atoms with Crippen molar-refractivity contribution < 1.29 is 31.2 Å². The van der Waals surface area contributed by atoms with Gasteiger partial charge in [-0.05, 0) is 12.5 Å². The molecule has 0 fully saturated rings. The van der Waals surface area contributed by atoms with Crippen LogP contribution in [0, 0.1) is 17.0 Å². The average Bonchev–Trinajstić information content (AvgIpc) is 2.27. The summed E-state index contributed by atoms with van der Waals surface area (Å²) in [6.45, 7) is 0.434. The van der Waals surface area contributed by atoms with E-state index in [1.165, 1.54) is 6.92 Å². The van der Waals surface area contributed by atoms with E-state index in [-0.39, 0.29) is 5.56 Å². The monoisotopic (exact) mass is 347 g/mol. The third kappa shape index (κ3) is 5.05. The standard InChI is InChI=1S/C10H9ClF3NO5S/c1-6-4-7(15(16)17)5-8(21(11,18)19)9(6)20-3-2-10(12,13)14/h4-5H,2-3H2,1H3. The third-order valence-corrected chi connectivity index (χ3v) is 3.66. The molecule has 0 aliphatic carbocycles. The fourth-order valence-electron chi connectivity index (χ4n) is 1.46. The van der Waals surface area contributed by atoms with Crippen LogP contribution in [0.4, 0.5) is 18.9 Å². The quantitative estimate of drug-likeness (QED) is 0.464. The van der Waals surface area contributed by atoms with Crippen molar-refractivity contribution in [3.63, 3.8) is 0 Å². The summed E-state index contributed by atoms with van der Waals surface area (Å²) in [5.41, 5.74) is -0.569. The van der Waals surface area contributed by atoms with Crippen molar-refractivity contribution in [3.8, 4) is 5.75 Å². The first-order valence-electron chi connectivity index (χ1n) is 5.35. The highest BCUT2D eigenvalue weighted by atomic mass is 35.7. The molecular formula is C10H9ClF3NO5S. The van der Waals surface area contributed by atoms with Gasteiger partial charge in [-0.15, -0.1) is 0 Å². The summed E-state index contributed by atoms with van der Waals surface area (Å²) in [6, 6.07) is 1.62. The third-order valence-electron chi connectivity index (χ3n) is 2.33. The number of alkyl halides is 3. The SMILES string of the molecule is Cc1cc([N+](=O)[O-])cc(S(=O)(=O)Cl)c1OCCC(F)(F)F. The number of ether oxygens (including phenoxy) is 1. The zero-order valence-electron chi connectivity index (χ0n) is 10.5. The van der Waals surface area contributed by atoms with Gasteiger partial charge in [-0.2, -0.15) is 13.2 Å². The van der Waals surface area contributed by atoms with E-state index >= 15 is 0 Å². The molecule has 21 heavy (non-hydrogen) atoms. The molecule has 0 atom stereocenters. The van der Waals surface area contributed by atoms with Gasteiger partial charge >= 0.3 is 6.18 Å². The molecule has 0 spiro atoms. The van der Waals surface area contributed by atoms with E-state index in [0.29, 0.717) is 6.07 Å². The number of nitro groups is 1. The Morgan fingerprint density at radius 1 is 1.38 bits per heavy atom. The van der Waals surface area contributed by atoms with Crippen LogP contribution >= 0.6 is 10.7 Å². The number of hydrogen-bond acceptors (Lipinski definition) is 5. The molecule has 11 heteroatoms. The van der Waals surface area contributed by atoms with Crippen molar-refractivity contribution in [1.82, 2.24) is 0 Å². The highest BCUT2D eigenvalue weighted by molar-refractivity contribution is 8.13. The van der Waals surface area contributed by atoms with Crippen molar-refractivity contribution in [3.05, 3.63) is 27.8 Å². The van der Waals surface area contributed by atoms with Crippen LogP contribution in [0.1, 0.15) is 12.0 Å². The van der Waals surface area contributed by atoms with E-state index in [0.717, 1.165) is 6.07 Å². The van der Waals surface area contributed by atoms with Gasteiger partial charge in [0.1, 0.15) is 10.6 Å². The molecule has 0 saturated heterocycles. The molecule has 1 rings (SSSR count). The van der Waals surface area contributed by atoms with Crippen LogP contribution in [0.3, 0.4) is 0 Å². The van der Waals surface area contributed by atoms with Gasteiger partial charge < -0.3 is 4.74 Å². The maximum absolute atomic E-state index is 12.0. The molecule has 0 heterocycles. The summed E-state index contributed by atoms with van der Waals surface area (Å²) < 4.78 is 63.7. The summed E-state index contributed by atoms with van der Waals surface area (Å²) in [5, 5.41) is 10.7. The van der Waals surface area contributed by atoms with Gasteiger partial charge in [0, 0.05) is 22.8 Å². The molecule has 0 radical (unpaired) electrons. The van der Waals surface area contributed by atoms with Crippen LogP contribution in [0.25, 0.3) is 0 Å². The van der Waals surface area contributed by atoms with Crippen molar-refractivity contribution in [2.24, 2.45) is 0 Å². The lowest BCUT2D eigenvalue weighted by atomic mass is 10.2. The van der Waals surface area contributed by atoms with E-state index < -0.39 is 49.5 Å². The normalized spacial score (nSPS) is 12.2. The summed E-state index contributed by atoms with van der Waals surface area (Å²) >= 11 is 0. The highest BCUT2D eigenvalue weighted by Gasteiger charge is 2.29. The van der Waals surface area contributed by atoms with Gasteiger partial charge in [0.15, 0.2) is 0 Å². The Balaban J connectivity index is 3.21. The number of nitro benzene ring substituents is 1. The number of nitrogens with zero attached hydrogens (tertiary/aromatic N) is 1. The molecule has 0 N–H and O–H groups in total. The molecule has 0 unspecified atom stereocenters. The van der Waals surface area contributed by atoms with Crippen LogP contribution in [0.5, 0.6) is 5.75 Å². The fourth-order valence-corrected chi connectivity index (χ4v) is 2.51. The highest BCUT2D eigenvalue weighted by Crippen LogP contribution is 2.35. The Kier molecular flexibility index (Phi) is 5.05. The molecule has 1 aromatic rings. The number of aryl methyl sites for hydroxylation is 1. The van der Waals surface area contributed by atoms with Gasteiger partial charge in [-0.25, -0.2) is 8.42 Å². The molecule has 0 amide bonds. The molecule has 0 aromatic heterocycles. The number of hydrogen-bond donors (Lipinski definition) is 0. The van der Waals surface area contributed by atoms with Crippen molar-refractivity contribution >= 4 is 25.4 Å². The maximum Gasteiger partial charge on any atom is 0.392 e. The Labute approximate surface area is 122 Å². The predicted octanol–water partition coefficient (Wildman–Crippen LogP) is 3.16. The molecule has 0 aliphatic heterocycles. The van der Waals surface area contributed by atoms with Crippen LogP contribution < -0.4 is 4.74 Å². The first-order chi connectivity index (χ1) is 9.42. The summed E-state index contributed by atoms with van der Waals surface area (Å²) in [4.78, 5) is 9.08. The minimum atomic E-state index is -4.48. The molecular weight excluding hydrogens is 339 g/mol. The zero-order valence-corrected chi connectivity index (χ0v) is 12.0. The topological polar surface area (TPSA) is 86.5 Å². The lowest BCUT2D eigenvalue weighted by Gasteiger charge is -2.13. The van der Waals surface area contributed by atoms with E-state index in [4.69, 9.17) is 15.4 Å². The first kappa shape index (κ1) is 17.5. The summed E-state index contributed by atoms with van der Waals surface area (Å²) in [6.07, 6.45) is -5.78. The Hall–Kier alpha value is -1.55. The second kappa shape index (κ2) is 6.06. The van der Waals surface area contributed by atoms with E-state index in [9.17, 15) is 31.7 Å². The van der Waals surface area contributed by atoms with Gasteiger partial charge in [0.25, 0.3) is 14.7 Å².